The van der Waals surface area contributed by atoms with Crippen LogP contribution < -0.4 is 0 Å². The van der Waals surface area contributed by atoms with E-state index in [1.807, 2.05) is 6.08 Å². The molecule has 3 nitrogen and oxygen atoms in total. The van der Waals surface area contributed by atoms with Crippen molar-refractivity contribution in [3.63, 3.8) is 0 Å². The van der Waals surface area contributed by atoms with E-state index in [9.17, 15) is 9.59 Å². The molecule has 0 aromatic heterocycles. The van der Waals surface area contributed by atoms with Crippen molar-refractivity contribution in [2.75, 3.05) is 6.61 Å². The second kappa shape index (κ2) is 11.1. The highest BCUT2D eigenvalue weighted by Crippen LogP contribution is 2.34. The van der Waals surface area contributed by atoms with Gasteiger partial charge in [0.25, 0.3) is 0 Å². The van der Waals surface area contributed by atoms with E-state index < -0.39 is 0 Å². The van der Waals surface area contributed by atoms with Gasteiger partial charge in [-0.05, 0) is 70.3 Å². The average Bonchev–Trinajstić information content (AvgIpc) is 2.61. The molecule has 1 aliphatic rings. The normalized spacial score (nSPS) is 26.6. The van der Waals surface area contributed by atoms with E-state index in [0.29, 0.717) is 18.4 Å². The molecule has 3 heteroatoms. The fourth-order valence-corrected chi connectivity index (χ4v) is 3.48. The zero-order valence-corrected chi connectivity index (χ0v) is 16.5. The molecule has 0 aliphatic heterocycles. The lowest BCUT2D eigenvalue weighted by atomic mass is 9.78. The fraction of sp³-hybridized carbons (Fsp3) is 0.636. The number of hydrogen-bond donors (Lipinski definition) is 0. The summed E-state index contributed by atoms with van der Waals surface area (Å²) < 4.78 is 5.25. The third-order valence-electron chi connectivity index (χ3n) is 5.07. The molecule has 0 heterocycles. The smallest absolute Gasteiger partial charge is 0.302 e. The van der Waals surface area contributed by atoms with Gasteiger partial charge in [0.2, 0.25) is 0 Å². The summed E-state index contributed by atoms with van der Waals surface area (Å²) in [4.78, 5) is 22.8. The molecule has 0 N–H and O–H groups in total. The predicted octanol–water partition coefficient (Wildman–Crippen LogP) is 5.42. The maximum Gasteiger partial charge on any atom is 0.302 e. The first-order chi connectivity index (χ1) is 11.8. The van der Waals surface area contributed by atoms with Gasteiger partial charge in [-0.3, -0.25) is 9.59 Å². The molecule has 140 valence electrons. The number of allylic oxidation sites excluding steroid dienone is 5. The van der Waals surface area contributed by atoms with Crippen LogP contribution >= 0.6 is 0 Å². The fourth-order valence-electron chi connectivity index (χ4n) is 3.48. The first kappa shape index (κ1) is 21.4. The lowest BCUT2D eigenvalue weighted by molar-refractivity contribution is -0.142. The maximum atomic E-state index is 11.6. The molecule has 0 bridgehead atoms. The molecular weight excluding hydrogens is 312 g/mol. The second-order valence-corrected chi connectivity index (χ2v) is 7.64. The highest BCUT2D eigenvalue weighted by Gasteiger charge is 2.25. The zero-order chi connectivity index (χ0) is 18.8. The molecule has 1 rings (SSSR count). The summed E-state index contributed by atoms with van der Waals surface area (Å²) >= 11 is 0. The van der Waals surface area contributed by atoms with Crippen molar-refractivity contribution in [2.24, 2.45) is 17.8 Å². The van der Waals surface area contributed by atoms with Gasteiger partial charge in [-0.1, -0.05) is 36.3 Å². The number of aldehydes is 1. The first-order valence-electron chi connectivity index (χ1n) is 9.41. The van der Waals surface area contributed by atoms with Gasteiger partial charge >= 0.3 is 5.97 Å². The molecule has 0 radical (unpaired) electrons. The molecule has 0 aromatic rings. The van der Waals surface area contributed by atoms with Gasteiger partial charge in [-0.15, -0.1) is 0 Å². The van der Waals surface area contributed by atoms with E-state index in [0.717, 1.165) is 44.0 Å². The summed E-state index contributed by atoms with van der Waals surface area (Å²) in [5.41, 5.74) is 3.51. The van der Waals surface area contributed by atoms with Crippen LogP contribution in [0.4, 0.5) is 0 Å². The van der Waals surface area contributed by atoms with Crippen LogP contribution in [0.3, 0.4) is 0 Å². The van der Waals surface area contributed by atoms with Gasteiger partial charge < -0.3 is 4.74 Å². The van der Waals surface area contributed by atoms with Crippen LogP contribution in [0.5, 0.6) is 0 Å². The van der Waals surface area contributed by atoms with Gasteiger partial charge in [0.05, 0.1) is 6.61 Å². The summed E-state index contributed by atoms with van der Waals surface area (Å²) in [6.07, 6.45) is 12.4. The highest BCUT2D eigenvalue weighted by molar-refractivity contribution is 5.74. The number of hydrogen-bond acceptors (Lipinski definition) is 3. The molecule has 1 aliphatic carbocycles. The van der Waals surface area contributed by atoms with Gasteiger partial charge in [-0.25, -0.2) is 0 Å². The van der Waals surface area contributed by atoms with Crippen molar-refractivity contribution in [3.8, 4) is 0 Å². The van der Waals surface area contributed by atoms with Crippen LogP contribution in [0.25, 0.3) is 0 Å². The number of esters is 1. The Bertz CT molecular complexity index is 535. The summed E-state index contributed by atoms with van der Waals surface area (Å²) in [6, 6.07) is 0. The van der Waals surface area contributed by atoms with Crippen molar-refractivity contribution in [1.82, 2.24) is 0 Å². The number of carbonyl (C=O) groups is 2. The zero-order valence-electron chi connectivity index (χ0n) is 16.5. The van der Waals surface area contributed by atoms with E-state index in [1.165, 1.54) is 18.1 Å². The van der Waals surface area contributed by atoms with Gasteiger partial charge in [-0.2, -0.15) is 0 Å². The molecule has 0 amide bonds. The van der Waals surface area contributed by atoms with E-state index in [-0.39, 0.29) is 11.9 Å². The molecule has 0 aromatic carbocycles. The Morgan fingerprint density at radius 1 is 1.32 bits per heavy atom. The summed E-state index contributed by atoms with van der Waals surface area (Å²) in [7, 11) is 0. The second-order valence-electron chi connectivity index (χ2n) is 7.64. The Labute approximate surface area is 153 Å². The van der Waals surface area contributed by atoms with Crippen molar-refractivity contribution < 1.29 is 14.3 Å². The Kier molecular flexibility index (Phi) is 9.48. The summed E-state index contributed by atoms with van der Waals surface area (Å²) in [5.74, 6) is 0.762. The van der Waals surface area contributed by atoms with E-state index in [2.05, 4.69) is 39.8 Å². The monoisotopic (exact) mass is 346 g/mol. The number of carbonyl (C=O) groups excluding carboxylic acids is 2. The maximum absolute atomic E-state index is 11.6. The lowest BCUT2D eigenvalue weighted by Crippen LogP contribution is -2.22. The van der Waals surface area contributed by atoms with Crippen LogP contribution in [0.2, 0.25) is 0 Å². The molecule has 0 fully saturated rings. The standard InChI is InChI=1S/C22H34O3/c1-16(2)8-6-10-18(4)21-12-17(3)9-7-11-20(14-23)22(13-21)15-25-19(5)24/h8-9,11,14,18,21-22H,6-7,10,12-13,15H2,1-5H3/b17-9+,20-11-/t18-,21+,22+/m1/s1. The van der Waals surface area contributed by atoms with Crippen LogP contribution in [0.1, 0.15) is 66.7 Å². The Hall–Kier alpha value is -1.64. The minimum atomic E-state index is -0.285. The van der Waals surface area contributed by atoms with Crippen LogP contribution in [-0.2, 0) is 14.3 Å². The van der Waals surface area contributed by atoms with Crippen molar-refractivity contribution in [2.45, 2.75) is 66.7 Å². The molecular formula is C22H34O3. The molecule has 0 saturated heterocycles. The van der Waals surface area contributed by atoms with Crippen LogP contribution in [-0.4, -0.2) is 18.9 Å². The van der Waals surface area contributed by atoms with Crippen molar-refractivity contribution >= 4 is 12.3 Å². The van der Waals surface area contributed by atoms with E-state index >= 15 is 0 Å². The first-order valence-corrected chi connectivity index (χ1v) is 9.41. The molecule has 3 atom stereocenters. The van der Waals surface area contributed by atoms with E-state index in [4.69, 9.17) is 4.74 Å². The van der Waals surface area contributed by atoms with E-state index in [1.54, 1.807) is 0 Å². The SMILES string of the molecule is CC(=O)OC[C@@H]1C[C@@H]([C@H](C)CCC=C(C)C)C/C(C)=C/C/C=C\1C=O. The predicted molar refractivity (Wildman–Crippen MR) is 103 cm³/mol. The minimum Gasteiger partial charge on any atom is -0.465 e. The van der Waals surface area contributed by atoms with Gasteiger partial charge in [0, 0.05) is 12.8 Å². The van der Waals surface area contributed by atoms with Crippen LogP contribution in [0, 0.1) is 17.8 Å². The van der Waals surface area contributed by atoms with Crippen LogP contribution in [0.15, 0.2) is 34.9 Å². The van der Waals surface area contributed by atoms with Crippen molar-refractivity contribution in [1.29, 1.82) is 0 Å². The molecule has 0 unspecified atom stereocenters. The highest BCUT2D eigenvalue weighted by atomic mass is 16.5. The average molecular weight is 347 g/mol. The molecule has 25 heavy (non-hydrogen) atoms. The van der Waals surface area contributed by atoms with Crippen molar-refractivity contribution in [3.05, 3.63) is 34.9 Å². The molecule has 0 saturated carbocycles. The lowest BCUT2D eigenvalue weighted by Gasteiger charge is -2.28. The van der Waals surface area contributed by atoms with Gasteiger partial charge in [0.15, 0.2) is 0 Å². The Morgan fingerprint density at radius 3 is 2.64 bits per heavy atom. The Balaban J connectivity index is 2.92. The third-order valence-corrected chi connectivity index (χ3v) is 5.07. The van der Waals surface area contributed by atoms with Gasteiger partial charge in [0.1, 0.15) is 6.29 Å². The minimum absolute atomic E-state index is 0.00315. The summed E-state index contributed by atoms with van der Waals surface area (Å²) in [6.45, 7) is 10.5. The number of rotatable bonds is 7. The topological polar surface area (TPSA) is 43.4 Å². The number of ether oxygens (including phenoxy) is 1. The largest absolute Gasteiger partial charge is 0.465 e. The Morgan fingerprint density at radius 2 is 2.04 bits per heavy atom. The quantitative estimate of drug-likeness (QED) is 0.351. The third kappa shape index (κ3) is 8.33. The molecule has 0 spiro atoms. The summed E-state index contributed by atoms with van der Waals surface area (Å²) in [5, 5.41) is 0.